The maximum absolute atomic E-state index is 8.86. The Morgan fingerprint density at radius 2 is 2.00 bits per heavy atom. The molecule has 0 aliphatic carbocycles. The minimum atomic E-state index is 0.536. The van der Waals surface area contributed by atoms with Gasteiger partial charge in [0.15, 0.2) is 0 Å². The first-order valence-electron chi connectivity index (χ1n) is 8.95. The van der Waals surface area contributed by atoms with Crippen LogP contribution in [0.2, 0.25) is 5.02 Å². The van der Waals surface area contributed by atoms with Crippen LogP contribution in [-0.2, 0) is 0 Å². The number of rotatable bonds is 4. The third-order valence-corrected chi connectivity index (χ3v) is 5.43. The number of benzene rings is 1. The van der Waals surface area contributed by atoms with Crippen molar-refractivity contribution in [3.8, 4) is 11.8 Å². The Labute approximate surface area is 158 Å². The first-order valence-corrected chi connectivity index (χ1v) is 9.32. The highest BCUT2D eigenvalue weighted by Gasteiger charge is 2.36. The minimum absolute atomic E-state index is 0.536. The summed E-state index contributed by atoms with van der Waals surface area (Å²) in [6, 6.07) is 13.9. The van der Waals surface area contributed by atoms with Crippen LogP contribution >= 0.6 is 11.6 Å². The van der Waals surface area contributed by atoms with Crippen LogP contribution in [0.25, 0.3) is 0 Å². The van der Waals surface area contributed by atoms with Crippen molar-refractivity contribution < 1.29 is 4.74 Å². The highest BCUT2D eigenvalue weighted by molar-refractivity contribution is 6.30. The van der Waals surface area contributed by atoms with Gasteiger partial charge in [0.1, 0.15) is 11.6 Å². The van der Waals surface area contributed by atoms with Crippen LogP contribution in [-0.4, -0.2) is 48.7 Å². The van der Waals surface area contributed by atoms with Gasteiger partial charge >= 0.3 is 0 Å². The molecule has 0 N–H and O–H groups in total. The number of ether oxygens (including phenoxy) is 1. The van der Waals surface area contributed by atoms with Crippen molar-refractivity contribution in [3.05, 3.63) is 53.2 Å². The molecule has 0 radical (unpaired) electrons. The smallest absolute Gasteiger partial charge is 0.128 e. The summed E-state index contributed by atoms with van der Waals surface area (Å²) in [6.07, 6.45) is 2.85. The summed E-state index contributed by atoms with van der Waals surface area (Å²) in [4.78, 5) is 9.37. The number of aromatic nitrogens is 1. The van der Waals surface area contributed by atoms with Crippen LogP contribution in [0.5, 0.6) is 5.75 Å². The maximum Gasteiger partial charge on any atom is 0.128 e. The zero-order valence-corrected chi connectivity index (χ0v) is 15.3. The standard InChI is InChI=1S/C20H21ClN4O/c21-17-3-6-20(23-11-17)25-8-7-24-12-16(9-18(24)13-25)14-26-19-4-1-15(10-22)2-5-19/h1-6,11,16,18H,7-9,12-14H2. The molecule has 134 valence electrons. The summed E-state index contributed by atoms with van der Waals surface area (Å²) in [5.41, 5.74) is 0.659. The van der Waals surface area contributed by atoms with Gasteiger partial charge in [0, 0.05) is 44.3 Å². The Morgan fingerprint density at radius 3 is 2.73 bits per heavy atom. The molecule has 26 heavy (non-hydrogen) atoms. The molecule has 2 aliphatic rings. The fraction of sp³-hybridized carbons (Fsp3) is 0.400. The van der Waals surface area contributed by atoms with Gasteiger partial charge in [-0.2, -0.15) is 5.26 Å². The van der Waals surface area contributed by atoms with Gasteiger partial charge in [-0.3, -0.25) is 4.90 Å². The number of hydrogen-bond donors (Lipinski definition) is 0. The van der Waals surface area contributed by atoms with E-state index in [0.717, 1.165) is 50.8 Å². The Hall–Kier alpha value is -2.29. The summed E-state index contributed by atoms with van der Waals surface area (Å²) >= 11 is 5.94. The van der Waals surface area contributed by atoms with E-state index < -0.39 is 0 Å². The van der Waals surface area contributed by atoms with Gasteiger partial charge in [-0.1, -0.05) is 11.6 Å². The minimum Gasteiger partial charge on any atom is -0.493 e. The molecule has 4 rings (SSSR count). The van der Waals surface area contributed by atoms with Crippen molar-refractivity contribution in [2.75, 3.05) is 37.7 Å². The summed E-state index contributed by atoms with van der Waals surface area (Å²) in [6.45, 7) is 4.86. The number of nitriles is 1. The third kappa shape index (κ3) is 3.77. The molecule has 2 saturated heterocycles. The average molecular weight is 369 g/mol. The fourth-order valence-electron chi connectivity index (χ4n) is 3.87. The van der Waals surface area contributed by atoms with E-state index in [4.69, 9.17) is 21.6 Å². The van der Waals surface area contributed by atoms with Gasteiger partial charge in [-0.15, -0.1) is 0 Å². The van der Waals surface area contributed by atoms with Gasteiger partial charge in [0.25, 0.3) is 0 Å². The molecule has 1 aromatic heterocycles. The van der Waals surface area contributed by atoms with E-state index >= 15 is 0 Å². The van der Waals surface area contributed by atoms with E-state index in [9.17, 15) is 0 Å². The molecule has 2 unspecified atom stereocenters. The Bertz CT molecular complexity index is 787. The van der Waals surface area contributed by atoms with Gasteiger partial charge in [0.05, 0.1) is 23.3 Å². The number of hydrogen-bond acceptors (Lipinski definition) is 5. The highest BCUT2D eigenvalue weighted by Crippen LogP contribution is 2.29. The quantitative estimate of drug-likeness (QED) is 0.829. The summed E-state index contributed by atoms with van der Waals surface area (Å²) in [5.74, 6) is 2.38. The topological polar surface area (TPSA) is 52.4 Å². The number of anilines is 1. The number of fused-ring (bicyclic) bond motifs is 1. The van der Waals surface area contributed by atoms with Crippen LogP contribution in [0.4, 0.5) is 5.82 Å². The largest absolute Gasteiger partial charge is 0.493 e. The first-order chi connectivity index (χ1) is 12.7. The van der Waals surface area contributed by atoms with Crippen LogP contribution in [0.1, 0.15) is 12.0 Å². The fourth-order valence-corrected chi connectivity index (χ4v) is 3.98. The van der Waals surface area contributed by atoms with E-state index in [2.05, 4.69) is 20.9 Å². The highest BCUT2D eigenvalue weighted by atomic mass is 35.5. The maximum atomic E-state index is 8.86. The molecule has 5 nitrogen and oxygen atoms in total. The third-order valence-electron chi connectivity index (χ3n) is 5.21. The average Bonchev–Trinajstić information content (AvgIpc) is 3.09. The van der Waals surface area contributed by atoms with Crippen molar-refractivity contribution >= 4 is 17.4 Å². The van der Waals surface area contributed by atoms with Gasteiger partial charge in [-0.05, 0) is 42.8 Å². The van der Waals surface area contributed by atoms with E-state index in [-0.39, 0.29) is 0 Å². The first kappa shape index (κ1) is 17.1. The van der Waals surface area contributed by atoms with Crippen molar-refractivity contribution in [1.29, 1.82) is 5.26 Å². The van der Waals surface area contributed by atoms with Gasteiger partial charge in [0.2, 0.25) is 0 Å². The molecule has 1 aromatic carbocycles. The lowest BCUT2D eigenvalue weighted by atomic mass is 10.1. The molecule has 6 heteroatoms. The number of pyridine rings is 1. The van der Waals surface area contributed by atoms with E-state index in [1.807, 2.05) is 24.3 Å². The SMILES string of the molecule is N#Cc1ccc(OCC2CC3CN(c4ccc(Cl)cn4)CCN3C2)cc1. The van der Waals surface area contributed by atoms with E-state index in [0.29, 0.717) is 22.5 Å². The Morgan fingerprint density at radius 1 is 1.15 bits per heavy atom. The van der Waals surface area contributed by atoms with Gasteiger partial charge in [-0.25, -0.2) is 4.98 Å². The zero-order chi connectivity index (χ0) is 17.9. The van der Waals surface area contributed by atoms with Gasteiger partial charge < -0.3 is 9.64 Å². The lowest BCUT2D eigenvalue weighted by Gasteiger charge is -2.38. The lowest BCUT2D eigenvalue weighted by Crippen LogP contribution is -2.50. The van der Waals surface area contributed by atoms with Crippen LogP contribution in [0, 0.1) is 17.2 Å². The second kappa shape index (κ2) is 7.53. The molecular weight excluding hydrogens is 348 g/mol. The van der Waals surface area contributed by atoms with Crippen molar-refractivity contribution in [1.82, 2.24) is 9.88 Å². The normalized spacial score (nSPS) is 22.7. The molecule has 2 aliphatic heterocycles. The zero-order valence-electron chi connectivity index (χ0n) is 14.5. The monoisotopic (exact) mass is 368 g/mol. The van der Waals surface area contributed by atoms with Crippen LogP contribution in [0.3, 0.4) is 0 Å². The Kier molecular flexibility index (Phi) is 4.96. The molecule has 0 bridgehead atoms. The van der Waals surface area contributed by atoms with Crippen molar-refractivity contribution in [3.63, 3.8) is 0 Å². The number of piperazine rings is 1. The molecule has 0 amide bonds. The molecule has 3 heterocycles. The van der Waals surface area contributed by atoms with Crippen LogP contribution in [0.15, 0.2) is 42.6 Å². The summed E-state index contributed by atoms with van der Waals surface area (Å²) < 4.78 is 5.94. The summed E-state index contributed by atoms with van der Waals surface area (Å²) in [5, 5.41) is 9.53. The number of halogens is 1. The molecule has 2 aromatic rings. The molecule has 2 fully saturated rings. The summed E-state index contributed by atoms with van der Waals surface area (Å²) in [7, 11) is 0. The number of nitrogens with zero attached hydrogens (tertiary/aromatic N) is 4. The lowest BCUT2D eigenvalue weighted by molar-refractivity contribution is 0.216. The van der Waals surface area contributed by atoms with E-state index in [1.54, 1.807) is 18.3 Å². The second-order valence-electron chi connectivity index (χ2n) is 6.98. The second-order valence-corrected chi connectivity index (χ2v) is 7.41. The Balaban J connectivity index is 1.31. The van der Waals surface area contributed by atoms with Crippen molar-refractivity contribution in [2.45, 2.75) is 12.5 Å². The molecule has 0 spiro atoms. The van der Waals surface area contributed by atoms with Crippen molar-refractivity contribution in [2.24, 2.45) is 5.92 Å². The predicted octanol–water partition coefficient (Wildman–Crippen LogP) is 3.20. The molecular formula is C20H21ClN4O. The molecule has 2 atom stereocenters. The predicted molar refractivity (Wildman–Crippen MR) is 102 cm³/mol. The van der Waals surface area contributed by atoms with E-state index in [1.165, 1.54) is 0 Å². The van der Waals surface area contributed by atoms with Crippen LogP contribution < -0.4 is 9.64 Å². The molecule has 0 saturated carbocycles.